The van der Waals surface area contributed by atoms with E-state index < -0.39 is 5.60 Å². The van der Waals surface area contributed by atoms with Crippen LogP contribution in [0.5, 0.6) is 0 Å². The summed E-state index contributed by atoms with van der Waals surface area (Å²) >= 11 is 0. The predicted octanol–water partition coefficient (Wildman–Crippen LogP) is 5.01. The molecule has 0 bridgehead atoms. The molecule has 0 aromatic heterocycles. The van der Waals surface area contributed by atoms with Gasteiger partial charge >= 0.3 is 5.97 Å². The molecule has 1 unspecified atom stereocenters. The number of esters is 1. The number of allylic oxidation sites excluding steroid dienone is 2. The van der Waals surface area contributed by atoms with Crippen molar-refractivity contribution in [2.24, 2.45) is 17.3 Å². The number of ether oxygens (including phenoxy) is 1. The zero-order valence-corrected chi connectivity index (χ0v) is 15.7. The Morgan fingerprint density at radius 3 is 2.67 bits per heavy atom. The van der Waals surface area contributed by atoms with Gasteiger partial charge in [-0.25, -0.2) is 4.79 Å². The van der Waals surface area contributed by atoms with Crippen LogP contribution in [-0.4, -0.2) is 17.4 Å². The summed E-state index contributed by atoms with van der Waals surface area (Å²) in [7, 11) is 0. The average Bonchev–Trinajstić information content (AvgIpc) is 2.47. The summed E-state index contributed by atoms with van der Waals surface area (Å²) in [4.78, 5) is 24.3. The van der Waals surface area contributed by atoms with E-state index in [0.717, 1.165) is 18.4 Å². The second-order valence-corrected chi connectivity index (χ2v) is 8.81. The van der Waals surface area contributed by atoms with Crippen LogP contribution in [0.15, 0.2) is 24.3 Å². The lowest BCUT2D eigenvalue weighted by Gasteiger charge is -2.48. The molecule has 2 aliphatic rings. The number of fused-ring (bicyclic) bond motifs is 1. The van der Waals surface area contributed by atoms with Crippen LogP contribution in [0.3, 0.4) is 0 Å². The maximum absolute atomic E-state index is 12.5. The largest absolute Gasteiger partial charge is 0.457 e. The minimum absolute atomic E-state index is 0.0693. The molecule has 0 N–H and O–H groups in total. The molecule has 24 heavy (non-hydrogen) atoms. The maximum atomic E-state index is 12.5. The van der Waals surface area contributed by atoms with Gasteiger partial charge in [0.2, 0.25) is 0 Å². The summed E-state index contributed by atoms with van der Waals surface area (Å²) < 4.78 is 5.27. The van der Waals surface area contributed by atoms with Crippen LogP contribution < -0.4 is 0 Å². The molecule has 0 aromatic carbocycles. The molecule has 0 amide bonds. The Labute approximate surface area is 146 Å². The fraction of sp³-hybridized carbons (Fsp3) is 0.714. The number of hydrogen-bond acceptors (Lipinski definition) is 3. The second-order valence-electron chi connectivity index (χ2n) is 8.81. The van der Waals surface area contributed by atoms with Crippen molar-refractivity contribution in [2.45, 2.75) is 78.2 Å². The first-order valence-corrected chi connectivity index (χ1v) is 9.22. The SMILES string of the molecule is C=C(/C=C/C(=O)OC(C)(C)C)CC1C(=O)CC[C@@]2(C)CCCC[C@H]12. The summed E-state index contributed by atoms with van der Waals surface area (Å²) in [5, 5.41) is 0. The monoisotopic (exact) mass is 332 g/mol. The van der Waals surface area contributed by atoms with Crippen molar-refractivity contribution < 1.29 is 14.3 Å². The Morgan fingerprint density at radius 1 is 1.29 bits per heavy atom. The number of ketones is 1. The van der Waals surface area contributed by atoms with Gasteiger partial charge in [-0.05, 0) is 57.8 Å². The highest BCUT2D eigenvalue weighted by atomic mass is 16.6. The smallest absolute Gasteiger partial charge is 0.331 e. The molecule has 0 aliphatic heterocycles. The fourth-order valence-corrected chi connectivity index (χ4v) is 4.37. The number of carbonyl (C=O) groups is 2. The first-order valence-electron chi connectivity index (χ1n) is 9.22. The number of rotatable bonds is 4. The molecule has 0 aromatic rings. The molecule has 3 nitrogen and oxygen atoms in total. The first kappa shape index (κ1) is 19.0. The molecule has 2 fully saturated rings. The molecular weight excluding hydrogens is 300 g/mol. The molecule has 3 heteroatoms. The van der Waals surface area contributed by atoms with Gasteiger partial charge in [0.1, 0.15) is 11.4 Å². The third kappa shape index (κ3) is 4.81. The van der Waals surface area contributed by atoms with Crippen molar-refractivity contribution in [3.8, 4) is 0 Å². The van der Waals surface area contributed by atoms with Crippen molar-refractivity contribution in [1.82, 2.24) is 0 Å². The van der Waals surface area contributed by atoms with Gasteiger partial charge in [0.25, 0.3) is 0 Å². The quantitative estimate of drug-likeness (QED) is 0.413. The highest BCUT2D eigenvalue weighted by molar-refractivity contribution is 5.84. The van der Waals surface area contributed by atoms with Gasteiger partial charge in [-0.1, -0.05) is 38.0 Å². The van der Waals surface area contributed by atoms with Gasteiger partial charge in [-0.15, -0.1) is 0 Å². The standard InChI is InChI=1S/C21H32O3/c1-15(9-10-19(23)24-20(2,3)4)14-16-17-8-6-7-12-21(17,5)13-11-18(16)22/h9-10,16-17H,1,6-8,11-14H2,2-5H3/b10-9+/t16?,17-,21-/m1/s1. The molecule has 0 spiro atoms. The zero-order chi connectivity index (χ0) is 18.0. The van der Waals surface area contributed by atoms with E-state index >= 15 is 0 Å². The molecule has 2 saturated carbocycles. The number of carbonyl (C=O) groups excluding carboxylic acids is 2. The highest BCUT2D eigenvalue weighted by Gasteiger charge is 2.46. The van der Waals surface area contributed by atoms with Crippen molar-refractivity contribution >= 4 is 11.8 Å². The minimum Gasteiger partial charge on any atom is -0.457 e. The Kier molecular flexibility index (Phi) is 5.72. The van der Waals surface area contributed by atoms with Crippen LogP contribution in [0.4, 0.5) is 0 Å². The van der Waals surface area contributed by atoms with Crippen LogP contribution in [0.25, 0.3) is 0 Å². The van der Waals surface area contributed by atoms with E-state index in [4.69, 9.17) is 4.74 Å². The lowest BCUT2D eigenvalue weighted by atomic mass is 9.55. The lowest BCUT2D eigenvalue weighted by Crippen LogP contribution is -2.43. The Balaban J connectivity index is 1.99. The van der Waals surface area contributed by atoms with E-state index in [1.807, 2.05) is 20.8 Å². The molecule has 0 saturated heterocycles. The van der Waals surface area contributed by atoms with Crippen molar-refractivity contribution in [1.29, 1.82) is 0 Å². The summed E-state index contributed by atoms with van der Waals surface area (Å²) in [5.41, 5.74) is 0.659. The van der Waals surface area contributed by atoms with Crippen molar-refractivity contribution in [3.05, 3.63) is 24.3 Å². The lowest BCUT2D eigenvalue weighted by molar-refractivity contribution is -0.148. The predicted molar refractivity (Wildman–Crippen MR) is 96.5 cm³/mol. The van der Waals surface area contributed by atoms with Gasteiger partial charge in [0.05, 0.1) is 0 Å². The second kappa shape index (κ2) is 7.25. The van der Waals surface area contributed by atoms with Gasteiger partial charge in [-0.3, -0.25) is 4.79 Å². The highest BCUT2D eigenvalue weighted by Crippen LogP contribution is 2.52. The molecule has 2 rings (SSSR count). The minimum atomic E-state index is -0.494. The van der Waals surface area contributed by atoms with E-state index in [0.29, 0.717) is 30.0 Å². The first-order chi connectivity index (χ1) is 11.1. The maximum Gasteiger partial charge on any atom is 0.331 e. The van der Waals surface area contributed by atoms with Gasteiger partial charge in [-0.2, -0.15) is 0 Å². The third-order valence-electron chi connectivity index (χ3n) is 5.59. The van der Waals surface area contributed by atoms with Gasteiger partial charge in [0.15, 0.2) is 0 Å². The van der Waals surface area contributed by atoms with E-state index in [1.165, 1.54) is 25.3 Å². The zero-order valence-electron chi connectivity index (χ0n) is 15.7. The number of Topliss-reactive ketones (excluding diaryl/α,β-unsaturated/α-hetero) is 1. The molecule has 134 valence electrons. The molecule has 0 radical (unpaired) electrons. The summed E-state index contributed by atoms with van der Waals surface area (Å²) in [6.45, 7) is 12.0. The van der Waals surface area contributed by atoms with E-state index in [9.17, 15) is 9.59 Å². The van der Waals surface area contributed by atoms with Gasteiger partial charge < -0.3 is 4.74 Å². The van der Waals surface area contributed by atoms with E-state index in [2.05, 4.69) is 13.5 Å². The van der Waals surface area contributed by atoms with Crippen LogP contribution in [0, 0.1) is 17.3 Å². The van der Waals surface area contributed by atoms with Crippen LogP contribution in [0.2, 0.25) is 0 Å². The average molecular weight is 332 g/mol. The molecule has 0 heterocycles. The van der Waals surface area contributed by atoms with E-state index in [-0.39, 0.29) is 11.9 Å². The Hall–Kier alpha value is -1.38. The van der Waals surface area contributed by atoms with E-state index in [1.54, 1.807) is 6.08 Å². The third-order valence-corrected chi connectivity index (χ3v) is 5.59. The topological polar surface area (TPSA) is 43.4 Å². The molecular formula is C21H32O3. The van der Waals surface area contributed by atoms with Crippen LogP contribution >= 0.6 is 0 Å². The molecule has 2 aliphatic carbocycles. The summed E-state index contributed by atoms with van der Waals surface area (Å²) in [5.74, 6) is 0.561. The fourth-order valence-electron chi connectivity index (χ4n) is 4.37. The Bertz CT molecular complexity index is 538. The summed E-state index contributed by atoms with van der Waals surface area (Å²) in [6, 6.07) is 0. The van der Waals surface area contributed by atoms with Crippen LogP contribution in [0.1, 0.15) is 72.6 Å². The molecule has 3 atom stereocenters. The van der Waals surface area contributed by atoms with Crippen molar-refractivity contribution in [2.75, 3.05) is 0 Å². The van der Waals surface area contributed by atoms with Crippen molar-refractivity contribution in [3.63, 3.8) is 0 Å². The Morgan fingerprint density at radius 2 is 2.00 bits per heavy atom. The normalized spacial score (nSPS) is 30.9. The van der Waals surface area contributed by atoms with Crippen LogP contribution in [-0.2, 0) is 14.3 Å². The number of hydrogen-bond donors (Lipinski definition) is 0. The van der Waals surface area contributed by atoms with Gasteiger partial charge in [0, 0.05) is 18.4 Å². The summed E-state index contributed by atoms with van der Waals surface area (Å²) in [6.07, 6.45) is 10.4.